The molecule has 1 aromatic carbocycles. The number of nitrogens with one attached hydrogen (secondary N) is 1. The van der Waals surface area contributed by atoms with Crippen molar-refractivity contribution in [2.24, 2.45) is 0 Å². The predicted molar refractivity (Wildman–Crippen MR) is 85.3 cm³/mol. The highest BCUT2D eigenvalue weighted by Crippen LogP contribution is 2.17. The van der Waals surface area contributed by atoms with Crippen molar-refractivity contribution in [3.8, 4) is 5.75 Å². The molecule has 4 nitrogen and oxygen atoms in total. The first-order chi connectivity index (χ1) is 10.2. The average molecular weight is 349 g/mol. The number of halogens is 1. The fourth-order valence-corrected chi connectivity index (χ4v) is 2.20. The Morgan fingerprint density at radius 2 is 2.19 bits per heavy atom. The van der Waals surface area contributed by atoms with Crippen LogP contribution >= 0.6 is 15.9 Å². The first kappa shape index (κ1) is 15.5. The van der Waals surface area contributed by atoms with Gasteiger partial charge in [-0.2, -0.15) is 0 Å². The lowest BCUT2D eigenvalue weighted by Crippen LogP contribution is -2.31. The molecule has 0 fully saturated rings. The summed E-state index contributed by atoms with van der Waals surface area (Å²) < 4.78 is 6.53. The number of benzene rings is 1. The normalized spacial score (nSPS) is 11.7. The third-order valence-electron chi connectivity index (χ3n) is 2.99. The summed E-state index contributed by atoms with van der Waals surface area (Å²) in [6.07, 6.45) is 1.69. The van der Waals surface area contributed by atoms with Crippen molar-refractivity contribution in [3.05, 3.63) is 58.8 Å². The quantitative estimate of drug-likeness (QED) is 0.816. The van der Waals surface area contributed by atoms with Crippen molar-refractivity contribution in [1.29, 1.82) is 0 Å². The molecule has 0 unspecified atom stereocenters. The predicted octanol–water partition coefficient (Wildman–Crippen LogP) is 3.14. The van der Waals surface area contributed by atoms with Crippen molar-refractivity contribution in [3.63, 3.8) is 0 Å². The highest BCUT2D eigenvalue weighted by molar-refractivity contribution is 9.10. The molecule has 0 aliphatic rings. The number of hydrogen-bond acceptors (Lipinski definition) is 3. The summed E-state index contributed by atoms with van der Waals surface area (Å²) in [6, 6.07) is 13.2. The number of aromatic nitrogens is 1. The molecule has 1 N–H and O–H groups in total. The summed E-state index contributed by atoms with van der Waals surface area (Å²) in [5.74, 6) is 0.458. The molecule has 0 bridgehead atoms. The van der Waals surface area contributed by atoms with Crippen LogP contribution in [0.15, 0.2) is 53.1 Å². The fourth-order valence-electron chi connectivity index (χ4n) is 1.82. The van der Waals surface area contributed by atoms with Crippen LogP contribution in [-0.2, 0) is 4.79 Å². The van der Waals surface area contributed by atoms with E-state index in [1.165, 1.54) is 0 Å². The average Bonchev–Trinajstić information content (AvgIpc) is 2.51. The minimum Gasteiger partial charge on any atom is -0.492 e. The van der Waals surface area contributed by atoms with Crippen LogP contribution in [0.1, 0.15) is 18.5 Å². The molecule has 0 spiro atoms. The summed E-state index contributed by atoms with van der Waals surface area (Å²) in [5.41, 5.74) is 0.767. The Morgan fingerprint density at radius 3 is 2.90 bits per heavy atom. The van der Waals surface area contributed by atoms with Crippen molar-refractivity contribution in [2.75, 3.05) is 13.2 Å². The second-order valence-electron chi connectivity index (χ2n) is 4.57. The highest BCUT2D eigenvalue weighted by atomic mass is 79.9. The largest absolute Gasteiger partial charge is 0.492 e. The van der Waals surface area contributed by atoms with Gasteiger partial charge in [-0.05, 0) is 37.3 Å². The van der Waals surface area contributed by atoms with Gasteiger partial charge in [-0.25, -0.2) is 0 Å². The molecule has 0 radical (unpaired) electrons. The number of amides is 1. The van der Waals surface area contributed by atoms with Gasteiger partial charge < -0.3 is 10.1 Å². The molecule has 21 heavy (non-hydrogen) atoms. The minimum absolute atomic E-state index is 0.0495. The molecule has 2 rings (SSSR count). The van der Waals surface area contributed by atoms with Crippen LogP contribution in [0.5, 0.6) is 5.75 Å². The van der Waals surface area contributed by atoms with E-state index >= 15 is 0 Å². The number of ether oxygens (including phenoxy) is 1. The van der Waals surface area contributed by atoms with E-state index in [2.05, 4.69) is 26.2 Å². The van der Waals surface area contributed by atoms with Gasteiger partial charge in [0.25, 0.3) is 0 Å². The van der Waals surface area contributed by atoms with E-state index in [9.17, 15) is 4.79 Å². The molecule has 2 aromatic rings. The molecule has 0 aliphatic heterocycles. The van der Waals surface area contributed by atoms with Gasteiger partial charge >= 0.3 is 0 Å². The van der Waals surface area contributed by atoms with Crippen molar-refractivity contribution in [2.45, 2.75) is 12.8 Å². The molecule has 1 atom stereocenters. The van der Waals surface area contributed by atoms with Gasteiger partial charge in [0.15, 0.2) is 0 Å². The van der Waals surface area contributed by atoms with Crippen molar-refractivity contribution >= 4 is 21.8 Å². The molecular weight excluding hydrogens is 332 g/mol. The lowest BCUT2D eigenvalue weighted by molar-refractivity contribution is -0.122. The van der Waals surface area contributed by atoms with E-state index in [-0.39, 0.29) is 11.8 Å². The second kappa shape index (κ2) is 7.78. The highest BCUT2D eigenvalue weighted by Gasteiger charge is 2.15. The third-order valence-corrected chi connectivity index (χ3v) is 3.48. The maximum Gasteiger partial charge on any atom is 0.228 e. The first-order valence-electron chi connectivity index (χ1n) is 6.74. The van der Waals surface area contributed by atoms with Crippen LogP contribution < -0.4 is 10.1 Å². The number of rotatable bonds is 6. The Hall–Kier alpha value is -1.88. The fraction of sp³-hybridized carbons (Fsp3) is 0.250. The zero-order valence-electron chi connectivity index (χ0n) is 11.8. The standard InChI is InChI=1S/C16H17BrN2O2/c1-12(15-7-2-3-8-18-15)16(20)19-9-10-21-14-6-4-5-13(17)11-14/h2-8,11-12H,9-10H2,1H3,(H,19,20)/t12-/m1/s1. The summed E-state index contributed by atoms with van der Waals surface area (Å²) in [6.45, 7) is 2.73. The monoisotopic (exact) mass is 348 g/mol. The number of pyridine rings is 1. The summed E-state index contributed by atoms with van der Waals surface area (Å²) in [4.78, 5) is 16.2. The smallest absolute Gasteiger partial charge is 0.228 e. The molecule has 0 aliphatic carbocycles. The number of nitrogens with zero attached hydrogens (tertiary/aromatic N) is 1. The van der Waals surface area contributed by atoms with Crippen molar-refractivity contribution < 1.29 is 9.53 Å². The van der Waals surface area contributed by atoms with E-state index in [1.807, 2.05) is 49.4 Å². The maximum atomic E-state index is 12.0. The van der Waals surface area contributed by atoms with E-state index in [0.717, 1.165) is 15.9 Å². The molecular formula is C16H17BrN2O2. The molecule has 110 valence electrons. The zero-order valence-corrected chi connectivity index (χ0v) is 13.3. The molecule has 1 heterocycles. The summed E-state index contributed by atoms with van der Waals surface area (Å²) >= 11 is 3.38. The van der Waals surface area contributed by atoms with E-state index in [4.69, 9.17) is 4.74 Å². The summed E-state index contributed by atoms with van der Waals surface area (Å²) in [7, 11) is 0. The van der Waals surface area contributed by atoms with Gasteiger partial charge in [0.05, 0.1) is 18.2 Å². The first-order valence-corrected chi connectivity index (χ1v) is 7.53. The van der Waals surface area contributed by atoms with E-state index in [1.54, 1.807) is 6.20 Å². The minimum atomic E-state index is -0.267. The van der Waals surface area contributed by atoms with E-state index < -0.39 is 0 Å². The van der Waals surface area contributed by atoms with Crippen LogP contribution in [0, 0.1) is 0 Å². The van der Waals surface area contributed by atoms with Crippen molar-refractivity contribution in [1.82, 2.24) is 10.3 Å². The van der Waals surface area contributed by atoms with Gasteiger partial charge in [0.2, 0.25) is 5.91 Å². The third kappa shape index (κ3) is 4.86. The lowest BCUT2D eigenvalue weighted by atomic mass is 10.1. The number of carbonyl (C=O) groups is 1. The Labute approximate surface area is 132 Å². The molecule has 1 amide bonds. The van der Waals surface area contributed by atoms with Gasteiger partial charge in [-0.15, -0.1) is 0 Å². The van der Waals surface area contributed by atoms with E-state index in [0.29, 0.717) is 13.2 Å². The van der Waals surface area contributed by atoms with Crippen LogP contribution in [0.25, 0.3) is 0 Å². The Bertz CT molecular complexity index is 590. The SMILES string of the molecule is C[C@@H](C(=O)NCCOc1cccc(Br)c1)c1ccccn1. The summed E-state index contributed by atoms with van der Waals surface area (Å²) in [5, 5.41) is 2.85. The number of hydrogen-bond donors (Lipinski definition) is 1. The molecule has 0 saturated carbocycles. The Morgan fingerprint density at radius 1 is 1.33 bits per heavy atom. The van der Waals surface area contributed by atoms with Gasteiger partial charge in [-0.1, -0.05) is 28.1 Å². The topological polar surface area (TPSA) is 51.2 Å². The Balaban J connectivity index is 1.74. The van der Waals surface area contributed by atoms with Crippen LogP contribution in [-0.4, -0.2) is 24.0 Å². The molecule has 1 aromatic heterocycles. The zero-order chi connectivity index (χ0) is 15.1. The van der Waals surface area contributed by atoms with Gasteiger partial charge in [0.1, 0.15) is 12.4 Å². The van der Waals surface area contributed by atoms with Gasteiger partial charge in [0, 0.05) is 10.7 Å². The van der Waals surface area contributed by atoms with Gasteiger partial charge in [-0.3, -0.25) is 9.78 Å². The lowest BCUT2D eigenvalue weighted by Gasteiger charge is -2.12. The number of carbonyl (C=O) groups excluding carboxylic acids is 1. The van der Waals surface area contributed by atoms with Crippen LogP contribution in [0.4, 0.5) is 0 Å². The van der Waals surface area contributed by atoms with Crippen LogP contribution in [0.2, 0.25) is 0 Å². The second-order valence-corrected chi connectivity index (χ2v) is 5.49. The van der Waals surface area contributed by atoms with Crippen LogP contribution in [0.3, 0.4) is 0 Å². The Kier molecular flexibility index (Phi) is 5.75. The molecule has 0 saturated heterocycles. The molecule has 5 heteroatoms. The maximum absolute atomic E-state index is 12.0.